The fourth-order valence-corrected chi connectivity index (χ4v) is 3.78. The molecule has 1 aliphatic rings. The lowest BCUT2D eigenvalue weighted by molar-refractivity contribution is 0.0693. The van der Waals surface area contributed by atoms with E-state index in [9.17, 15) is 9.90 Å². The number of rotatable bonds is 2. The second kappa shape index (κ2) is 6.78. The molecule has 0 spiro atoms. The van der Waals surface area contributed by atoms with Crippen molar-refractivity contribution in [1.82, 2.24) is 0 Å². The molecule has 2 aromatic carbocycles. The molecule has 0 saturated heterocycles. The van der Waals surface area contributed by atoms with E-state index in [2.05, 4.69) is 57.7 Å². The molecule has 0 aliphatic heterocycles. The Hall–Kier alpha value is -2.73. The lowest BCUT2D eigenvalue weighted by atomic mass is 9.63. The number of hydrogen-bond acceptors (Lipinski definition) is 2. The third kappa shape index (κ3) is 3.85. The molecular weight excluding hydrogens is 336 g/mol. The minimum atomic E-state index is -1.15. The molecule has 3 nitrogen and oxygen atoms in total. The van der Waals surface area contributed by atoms with Crippen LogP contribution in [0.3, 0.4) is 0 Å². The number of benzene rings is 2. The van der Waals surface area contributed by atoms with Crippen LogP contribution in [-0.4, -0.2) is 16.2 Å². The van der Waals surface area contributed by atoms with E-state index in [0.29, 0.717) is 12.0 Å². The maximum Gasteiger partial charge on any atom is 0.339 e. The summed E-state index contributed by atoms with van der Waals surface area (Å²) in [6.07, 6.45) is 2.99. The lowest BCUT2D eigenvalue weighted by Gasteiger charge is -2.42. The number of aromatic hydroxyl groups is 1. The zero-order chi connectivity index (χ0) is 19.8. The first-order chi connectivity index (χ1) is 12.6. The number of carboxylic acids is 1. The highest BCUT2D eigenvalue weighted by molar-refractivity contribution is 5.90. The van der Waals surface area contributed by atoms with Crippen molar-refractivity contribution in [3.05, 3.63) is 64.2 Å². The molecule has 0 radical (unpaired) electrons. The first-order valence-electron chi connectivity index (χ1n) is 9.29. The minimum absolute atomic E-state index is 0.111. The van der Waals surface area contributed by atoms with Gasteiger partial charge in [0.1, 0.15) is 11.3 Å². The first-order valence-corrected chi connectivity index (χ1v) is 9.29. The van der Waals surface area contributed by atoms with E-state index >= 15 is 0 Å². The van der Waals surface area contributed by atoms with Gasteiger partial charge in [-0.25, -0.2) is 4.79 Å². The van der Waals surface area contributed by atoms with Crippen LogP contribution in [0.2, 0.25) is 0 Å². The van der Waals surface area contributed by atoms with Crippen LogP contribution in [-0.2, 0) is 17.3 Å². The van der Waals surface area contributed by atoms with Crippen molar-refractivity contribution < 1.29 is 15.0 Å². The van der Waals surface area contributed by atoms with E-state index in [4.69, 9.17) is 5.11 Å². The molecule has 0 atom stereocenters. The Morgan fingerprint density at radius 3 is 2.30 bits per heavy atom. The molecule has 2 N–H and O–H groups in total. The van der Waals surface area contributed by atoms with E-state index in [1.165, 1.54) is 41.7 Å². The second-order valence-electron chi connectivity index (χ2n) is 8.66. The second-order valence-corrected chi connectivity index (χ2v) is 8.66. The Morgan fingerprint density at radius 2 is 1.67 bits per heavy atom. The summed E-state index contributed by atoms with van der Waals surface area (Å²) >= 11 is 0. The van der Waals surface area contributed by atoms with Gasteiger partial charge in [-0.15, -0.1) is 0 Å². The monoisotopic (exact) mass is 362 g/mol. The van der Waals surface area contributed by atoms with Gasteiger partial charge in [-0.1, -0.05) is 57.7 Å². The Labute approximate surface area is 161 Å². The molecule has 1 aliphatic carbocycles. The van der Waals surface area contributed by atoms with E-state index in [-0.39, 0.29) is 22.1 Å². The molecule has 140 valence electrons. The number of fused-ring (bicyclic) bond motifs is 1. The Balaban J connectivity index is 1.84. The van der Waals surface area contributed by atoms with Crippen molar-refractivity contribution in [3.8, 4) is 17.6 Å². The van der Waals surface area contributed by atoms with Gasteiger partial charge >= 0.3 is 5.97 Å². The fourth-order valence-electron chi connectivity index (χ4n) is 3.78. The summed E-state index contributed by atoms with van der Waals surface area (Å²) in [6.45, 7) is 9.24. The number of hydrogen-bond donors (Lipinski definition) is 2. The maximum absolute atomic E-state index is 11.0. The third-order valence-electron chi connectivity index (χ3n) is 5.67. The van der Waals surface area contributed by atoms with Crippen molar-refractivity contribution >= 4 is 5.97 Å². The predicted octanol–water partition coefficient (Wildman–Crippen LogP) is 5.03. The van der Waals surface area contributed by atoms with Gasteiger partial charge in [-0.3, -0.25) is 0 Å². The Bertz CT molecular complexity index is 955. The molecule has 0 bridgehead atoms. The van der Waals surface area contributed by atoms with Crippen LogP contribution in [0.5, 0.6) is 5.75 Å². The van der Waals surface area contributed by atoms with Gasteiger partial charge in [0, 0.05) is 12.0 Å². The Morgan fingerprint density at radius 1 is 1.00 bits per heavy atom. The molecule has 27 heavy (non-hydrogen) atoms. The van der Waals surface area contributed by atoms with Crippen LogP contribution in [0.15, 0.2) is 36.4 Å². The highest BCUT2D eigenvalue weighted by Crippen LogP contribution is 2.45. The summed E-state index contributed by atoms with van der Waals surface area (Å²) in [6, 6.07) is 11.1. The molecular formula is C24H26O3. The molecule has 0 aromatic heterocycles. The Kier molecular flexibility index (Phi) is 4.78. The normalized spacial score (nSPS) is 16.7. The van der Waals surface area contributed by atoms with Crippen LogP contribution in [0, 0.1) is 11.8 Å². The maximum atomic E-state index is 11.0. The van der Waals surface area contributed by atoms with E-state index in [1.807, 2.05) is 0 Å². The summed E-state index contributed by atoms with van der Waals surface area (Å²) in [5, 5.41) is 18.7. The van der Waals surface area contributed by atoms with Crippen molar-refractivity contribution in [2.45, 2.75) is 57.8 Å². The van der Waals surface area contributed by atoms with Gasteiger partial charge in [0.25, 0.3) is 0 Å². The molecule has 3 heteroatoms. The SMILES string of the molecule is CC1(C)CCC(C)(C)c2cc(CC#Cc3ccc(C(=O)O)c(O)c3)ccc21. The molecule has 0 fully saturated rings. The van der Waals surface area contributed by atoms with Crippen LogP contribution in [0.1, 0.15) is 73.1 Å². The minimum Gasteiger partial charge on any atom is -0.507 e. The van der Waals surface area contributed by atoms with Crippen LogP contribution < -0.4 is 0 Å². The molecule has 0 saturated carbocycles. The van der Waals surface area contributed by atoms with Gasteiger partial charge in [0.15, 0.2) is 0 Å². The standard InChI is InChI=1S/C24H26O3/c1-23(2)12-13-24(3,4)20-14-16(9-11-19(20)23)6-5-7-17-8-10-18(22(26)27)21(25)15-17/h8-11,14-15,25H,6,12-13H2,1-4H3,(H,26,27). The quantitative estimate of drug-likeness (QED) is 0.736. The highest BCUT2D eigenvalue weighted by atomic mass is 16.4. The van der Waals surface area contributed by atoms with Gasteiger partial charge < -0.3 is 10.2 Å². The van der Waals surface area contributed by atoms with Crippen molar-refractivity contribution in [2.24, 2.45) is 0 Å². The van der Waals surface area contributed by atoms with Crippen LogP contribution >= 0.6 is 0 Å². The fraction of sp³-hybridized carbons (Fsp3) is 0.375. The van der Waals surface area contributed by atoms with Crippen molar-refractivity contribution in [1.29, 1.82) is 0 Å². The third-order valence-corrected chi connectivity index (χ3v) is 5.67. The number of aromatic carboxylic acids is 1. The zero-order valence-corrected chi connectivity index (χ0v) is 16.4. The predicted molar refractivity (Wildman–Crippen MR) is 107 cm³/mol. The molecule has 0 amide bonds. The molecule has 2 aromatic rings. The topological polar surface area (TPSA) is 57.5 Å². The van der Waals surface area contributed by atoms with Gasteiger partial charge in [-0.05, 0) is 58.6 Å². The number of carboxylic acid groups (broad SMARTS) is 1. The molecule has 3 rings (SSSR count). The highest BCUT2D eigenvalue weighted by Gasteiger charge is 2.36. The largest absolute Gasteiger partial charge is 0.507 e. The number of carbonyl (C=O) groups is 1. The number of phenols is 1. The lowest BCUT2D eigenvalue weighted by Crippen LogP contribution is -2.33. The van der Waals surface area contributed by atoms with Crippen molar-refractivity contribution in [3.63, 3.8) is 0 Å². The van der Waals surface area contributed by atoms with E-state index in [0.717, 1.165) is 0 Å². The summed E-state index contributed by atoms with van der Waals surface area (Å²) in [7, 11) is 0. The summed E-state index contributed by atoms with van der Waals surface area (Å²) in [5.41, 5.74) is 4.91. The van der Waals surface area contributed by atoms with Crippen LogP contribution in [0.25, 0.3) is 0 Å². The van der Waals surface area contributed by atoms with Gasteiger partial charge in [0.2, 0.25) is 0 Å². The average molecular weight is 362 g/mol. The average Bonchev–Trinajstić information content (AvgIpc) is 2.59. The molecule has 0 heterocycles. The van der Waals surface area contributed by atoms with E-state index in [1.54, 1.807) is 6.07 Å². The zero-order valence-electron chi connectivity index (χ0n) is 16.4. The van der Waals surface area contributed by atoms with Crippen LogP contribution in [0.4, 0.5) is 0 Å². The summed E-state index contributed by atoms with van der Waals surface area (Å²) in [5.74, 6) is 4.75. The molecule has 0 unspecified atom stereocenters. The summed E-state index contributed by atoms with van der Waals surface area (Å²) < 4.78 is 0. The smallest absolute Gasteiger partial charge is 0.339 e. The van der Waals surface area contributed by atoms with Gasteiger partial charge in [-0.2, -0.15) is 0 Å². The summed E-state index contributed by atoms with van der Waals surface area (Å²) in [4.78, 5) is 11.0. The first kappa shape index (κ1) is 19.0. The van der Waals surface area contributed by atoms with Crippen molar-refractivity contribution in [2.75, 3.05) is 0 Å². The van der Waals surface area contributed by atoms with E-state index < -0.39 is 5.97 Å². The van der Waals surface area contributed by atoms with Gasteiger partial charge in [0.05, 0.1) is 0 Å².